The van der Waals surface area contributed by atoms with E-state index < -0.39 is 11.7 Å². The van der Waals surface area contributed by atoms with Crippen molar-refractivity contribution in [3.63, 3.8) is 0 Å². The van der Waals surface area contributed by atoms with Gasteiger partial charge in [-0.1, -0.05) is 48.0 Å². The normalized spacial score (nSPS) is 10.6. The van der Waals surface area contributed by atoms with Gasteiger partial charge in [0.05, 0.1) is 5.69 Å². The number of Topliss-reactive ketones (excluding diaryl/α,β-unsaturated/α-hetero) is 1. The number of nitrogens with zero attached hydrogens (tertiary/aromatic N) is 1. The minimum atomic E-state index is -0.644. The first-order valence-electron chi connectivity index (χ1n) is 8.73. The zero-order chi connectivity index (χ0) is 19.4. The first kappa shape index (κ1) is 18.9. The Hall–Kier alpha value is -2.85. The van der Waals surface area contributed by atoms with Crippen molar-refractivity contribution in [2.45, 2.75) is 26.9 Å². The second-order valence-corrected chi connectivity index (χ2v) is 6.95. The van der Waals surface area contributed by atoms with E-state index in [4.69, 9.17) is 11.6 Å². The number of aryl methyl sites for hydroxylation is 2. The molecular weight excluding hydrogens is 360 g/mol. The van der Waals surface area contributed by atoms with Crippen LogP contribution >= 0.6 is 11.6 Å². The molecule has 0 unspecified atom stereocenters. The number of nitrogens with one attached hydrogen (secondary N) is 1. The summed E-state index contributed by atoms with van der Waals surface area (Å²) >= 11 is 6.09. The number of hydrogen-bond donors (Lipinski definition) is 1. The topological polar surface area (TPSA) is 51.1 Å². The molecule has 0 bridgehead atoms. The molecule has 138 valence electrons. The lowest BCUT2D eigenvalue weighted by Crippen LogP contribution is -2.32. The fourth-order valence-electron chi connectivity index (χ4n) is 2.87. The molecule has 0 aliphatic rings. The van der Waals surface area contributed by atoms with Gasteiger partial charge in [0, 0.05) is 24.3 Å². The molecule has 5 heteroatoms. The minimum absolute atomic E-state index is 0.210. The molecule has 0 fully saturated rings. The van der Waals surface area contributed by atoms with Crippen LogP contribution < -0.4 is 5.32 Å². The average Bonchev–Trinajstić information content (AvgIpc) is 3.11. The summed E-state index contributed by atoms with van der Waals surface area (Å²) in [5.41, 5.74) is 4.64. The fourth-order valence-corrected chi connectivity index (χ4v) is 3.07. The number of hydrogen-bond acceptors (Lipinski definition) is 2. The summed E-state index contributed by atoms with van der Waals surface area (Å²) in [6.45, 7) is 4.87. The monoisotopic (exact) mass is 380 g/mol. The maximum atomic E-state index is 12.6. The number of aromatic nitrogens is 1. The van der Waals surface area contributed by atoms with Gasteiger partial charge in [-0.05, 0) is 54.3 Å². The quantitative estimate of drug-likeness (QED) is 0.512. The molecule has 1 aromatic heterocycles. The smallest absolute Gasteiger partial charge is 0.294 e. The van der Waals surface area contributed by atoms with Gasteiger partial charge >= 0.3 is 0 Å². The number of amides is 1. The predicted octanol–water partition coefficient (Wildman–Crippen LogP) is 4.31. The van der Waals surface area contributed by atoms with E-state index in [1.165, 1.54) is 11.1 Å². The van der Waals surface area contributed by atoms with E-state index in [9.17, 15) is 9.59 Å². The van der Waals surface area contributed by atoms with Gasteiger partial charge in [-0.2, -0.15) is 0 Å². The summed E-state index contributed by atoms with van der Waals surface area (Å²) in [5.74, 6) is -1.20. The second kappa shape index (κ2) is 8.23. The van der Waals surface area contributed by atoms with Crippen molar-refractivity contribution >= 4 is 23.3 Å². The predicted molar refractivity (Wildman–Crippen MR) is 107 cm³/mol. The summed E-state index contributed by atoms with van der Waals surface area (Å²) in [7, 11) is 0. The maximum absolute atomic E-state index is 12.6. The van der Waals surface area contributed by atoms with E-state index in [0.29, 0.717) is 17.3 Å². The van der Waals surface area contributed by atoms with Gasteiger partial charge in [0.1, 0.15) is 0 Å². The van der Waals surface area contributed by atoms with Crippen LogP contribution in [-0.4, -0.2) is 16.3 Å². The molecule has 3 aromatic rings. The Labute approximate surface area is 163 Å². The number of halogens is 1. The van der Waals surface area contributed by atoms with Crippen LogP contribution in [0.25, 0.3) is 0 Å². The molecular formula is C22H21ClN2O2. The molecule has 0 radical (unpaired) electrons. The van der Waals surface area contributed by atoms with Crippen LogP contribution in [0.3, 0.4) is 0 Å². The van der Waals surface area contributed by atoms with Gasteiger partial charge < -0.3 is 9.88 Å². The number of ketones is 1. The summed E-state index contributed by atoms with van der Waals surface area (Å²) in [6, 6.07) is 16.9. The lowest BCUT2D eigenvalue weighted by Gasteiger charge is -2.11. The van der Waals surface area contributed by atoms with Crippen LogP contribution in [-0.2, 0) is 17.9 Å². The number of benzene rings is 2. The Morgan fingerprint density at radius 3 is 2.52 bits per heavy atom. The van der Waals surface area contributed by atoms with Gasteiger partial charge in [-0.3, -0.25) is 9.59 Å². The van der Waals surface area contributed by atoms with Crippen molar-refractivity contribution in [2.24, 2.45) is 0 Å². The molecule has 0 aliphatic carbocycles. The first-order chi connectivity index (χ1) is 13.0. The molecule has 0 spiro atoms. The largest absolute Gasteiger partial charge is 0.345 e. The highest BCUT2D eigenvalue weighted by molar-refractivity contribution is 6.42. The van der Waals surface area contributed by atoms with Crippen molar-refractivity contribution in [1.82, 2.24) is 9.88 Å². The fraction of sp³-hybridized carbons (Fsp3) is 0.182. The number of carbonyl (C=O) groups is 2. The molecule has 0 aliphatic heterocycles. The van der Waals surface area contributed by atoms with Gasteiger partial charge in [0.15, 0.2) is 0 Å². The first-order valence-corrected chi connectivity index (χ1v) is 9.10. The van der Waals surface area contributed by atoms with Crippen molar-refractivity contribution in [1.29, 1.82) is 0 Å². The van der Waals surface area contributed by atoms with Crippen molar-refractivity contribution in [3.8, 4) is 0 Å². The third kappa shape index (κ3) is 4.47. The molecule has 3 rings (SSSR count). The molecule has 27 heavy (non-hydrogen) atoms. The molecule has 4 nitrogen and oxygen atoms in total. The Bertz CT molecular complexity index is 991. The van der Waals surface area contributed by atoms with E-state index in [1.807, 2.05) is 30.5 Å². The second-order valence-electron chi connectivity index (χ2n) is 6.54. The lowest BCUT2D eigenvalue weighted by molar-refractivity contribution is -0.117. The Morgan fingerprint density at radius 2 is 1.78 bits per heavy atom. The molecule has 1 N–H and O–H groups in total. The van der Waals surface area contributed by atoms with Crippen LogP contribution in [0.1, 0.15) is 32.7 Å². The van der Waals surface area contributed by atoms with E-state index in [-0.39, 0.29) is 6.54 Å². The maximum Gasteiger partial charge on any atom is 0.294 e. The molecule has 1 heterocycles. The van der Waals surface area contributed by atoms with Crippen molar-refractivity contribution in [2.75, 3.05) is 0 Å². The average molecular weight is 381 g/mol. The Balaban J connectivity index is 1.70. The highest BCUT2D eigenvalue weighted by Gasteiger charge is 2.19. The Morgan fingerprint density at radius 1 is 1.00 bits per heavy atom. The molecule has 0 saturated heterocycles. The zero-order valence-electron chi connectivity index (χ0n) is 15.3. The van der Waals surface area contributed by atoms with Gasteiger partial charge in [0.2, 0.25) is 0 Å². The standard InChI is InChI=1S/C22H21ClN2O2/c1-15-9-10-17(12-16(15)2)14-25-11-5-8-20(25)21(26)22(27)24-13-18-6-3-4-7-19(18)23/h3-12H,13-14H2,1-2H3,(H,24,27). The molecule has 0 atom stereocenters. The zero-order valence-corrected chi connectivity index (χ0v) is 16.1. The van der Waals surface area contributed by atoms with E-state index in [1.54, 1.807) is 22.8 Å². The number of rotatable bonds is 6. The third-order valence-corrected chi connectivity index (χ3v) is 4.96. The van der Waals surface area contributed by atoms with Crippen LogP contribution in [0.2, 0.25) is 5.02 Å². The highest BCUT2D eigenvalue weighted by atomic mass is 35.5. The van der Waals surface area contributed by atoms with Crippen molar-refractivity contribution in [3.05, 3.63) is 93.8 Å². The van der Waals surface area contributed by atoms with Crippen molar-refractivity contribution < 1.29 is 9.59 Å². The van der Waals surface area contributed by atoms with E-state index in [2.05, 4.69) is 31.3 Å². The van der Waals surface area contributed by atoms with E-state index >= 15 is 0 Å². The molecule has 0 saturated carbocycles. The van der Waals surface area contributed by atoms with Gasteiger partial charge in [-0.25, -0.2) is 0 Å². The molecule has 2 aromatic carbocycles. The lowest BCUT2D eigenvalue weighted by atomic mass is 10.1. The Kier molecular flexibility index (Phi) is 5.77. The highest BCUT2D eigenvalue weighted by Crippen LogP contribution is 2.15. The summed E-state index contributed by atoms with van der Waals surface area (Å²) in [4.78, 5) is 24.9. The van der Waals surface area contributed by atoms with E-state index in [0.717, 1.165) is 11.1 Å². The minimum Gasteiger partial charge on any atom is -0.345 e. The summed E-state index contributed by atoms with van der Waals surface area (Å²) in [6.07, 6.45) is 1.81. The van der Waals surface area contributed by atoms with Crippen LogP contribution in [0.5, 0.6) is 0 Å². The van der Waals surface area contributed by atoms with Gasteiger partial charge in [-0.15, -0.1) is 0 Å². The SMILES string of the molecule is Cc1ccc(Cn2cccc2C(=O)C(=O)NCc2ccccc2Cl)cc1C. The summed E-state index contributed by atoms with van der Waals surface area (Å²) in [5, 5.41) is 3.21. The van der Waals surface area contributed by atoms with Crippen LogP contribution in [0, 0.1) is 13.8 Å². The van der Waals surface area contributed by atoms with Crippen LogP contribution in [0.15, 0.2) is 60.8 Å². The number of carbonyl (C=O) groups excluding carboxylic acids is 2. The van der Waals surface area contributed by atoms with Gasteiger partial charge in [0.25, 0.3) is 11.7 Å². The molecule has 1 amide bonds. The summed E-state index contributed by atoms with van der Waals surface area (Å²) < 4.78 is 1.79. The van der Waals surface area contributed by atoms with Crippen LogP contribution in [0.4, 0.5) is 0 Å². The third-order valence-electron chi connectivity index (χ3n) is 4.59.